The molecule has 0 spiro atoms. The van der Waals surface area contributed by atoms with Gasteiger partial charge < -0.3 is 9.47 Å². The molecular weight excluding hydrogens is 167 g/mol. The predicted molar refractivity (Wildman–Crippen MR) is 50.0 cm³/mol. The highest BCUT2D eigenvalue weighted by atomic mass is 16.6. The van der Waals surface area contributed by atoms with Crippen molar-refractivity contribution in [2.45, 2.75) is 44.1 Å². The number of hydrogen-bond donors (Lipinski definition) is 0. The third-order valence-electron chi connectivity index (χ3n) is 3.68. The molecule has 0 radical (unpaired) electrons. The Morgan fingerprint density at radius 2 is 2.23 bits per heavy atom. The largest absolute Gasteiger partial charge is 0.464 e. The van der Waals surface area contributed by atoms with E-state index < -0.39 is 0 Å². The first-order chi connectivity index (χ1) is 6.18. The lowest BCUT2D eigenvalue weighted by Gasteiger charge is -2.59. The molecule has 2 unspecified atom stereocenters. The van der Waals surface area contributed by atoms with Gasteiger partial charge in [-0.3, -0.25) is 0 Å². The molecule has 72 valence electrons. The molecule has 0 amide bonds. The summed E-state index contributed by atoms with van der Waals surface area (Å²) >= 11 is 0. The Hall–Kier alpha value is -0.505. The van der Waals surface area contributed by atoms with Crippen LogP contribution in [0.25, 0.3) is 0 Å². The van der Waals surface area contributed by atoms with Crippen LogP contribution in [0.4, 0.5) is 0 Å². The van der Waals surface area contributed by atoms with Crippen LogP contribution in [0.1, 0.15) is 26.7 Å². The number of carbonyl (C=O) groups excluding carboxylic acids is 1. The molecule has 2 heterocycles. The summed E-state index contributed by atoms with van der Waals surface area (Å²) in [5.74, 6) is -0.203. The van der Waals surface area contributed by atoms with Gasteiger partial charge in [-0.1, -0.05) is 13.8 Å². The molecule has 0 saturated carbocycles. The molecule has 0 N–H and O–H groups in total. The molecule has 13 heavy (non-hydrogen) atoms. The fraction of sp³-hybridized carbons (Fsp3) is 0.889. The van der Waals surface area contributed by atoms with Crippen molar-refractivity contribution in [3.05, 3.63) is 0 Å². The molecule has 2 atom stereocenters. The van der Waals surface area contributed by atoms with Gasteiger partial charge in [0.05, 0.1) is 5.60 Å². The first-order valence-electron chi connectivity index (χ1n) is 5.04. The summed E-state index contributed by atoms with van der Waals surface area (Å²) in [6, 6.07) is 0. The van der Waals surface area contributed by atoms with Crippen LogP contribution in [-0.2, 0) is 14.3 Å². The van der Waals surface area contributed by atoms with Gasteiger partial charge in [-0.05, 0) is 19.2 Å². The van der Waals surface area contributed by atoms with Crippen molar-refractivity contribution in [3.63, 3.8) is 0 Å². The van der Waals surface area contributed by atoms with Crippen molar-refractivity contribution in [3.8, 4) is 0 Å². The van der Waals surface area contributed by atoms with Crippen molar-refractivity contribution in [2.24, 2.45) is 0 Å². The van der Waals surface area contributed by atoms with Crippen molar-refractivity contribution < 1.29 is 14.3 Å². The van der Waals surface area contributed by atoms with Gasteiger partial charge in [0, 0.05) is 0 Å². The number of fused-ring (bicyclic) bond motifs is 1. The topological polar surface area (TPSA) is 35.5 Å². The lowest BCUT2D eigenvalue weighted by atomic mass is 9.34. The van der Waals surface area contributed by atoms with Gasteiger partial charge >= 0.3 is 5.97 Å². The molecule has 2 rings (SSSR count). The maximum absolute atomic E-state index is 11.1. The number of rotatable bonds is 2. The lowest BCUT2D eigenvalue weighted by molar-refractivity contribution is -0.232. The van der Waals surface area contributed by atoms with Crippen LogP contribution in [0.3, 0.4) is 0 Å². The molecule has 2 fully saturated rings. The number of ether oxygens (including phenoxy) is 2. The second-order valence-electron chi connectivity index (χ2n) is 3.96. The normalized spacial score (nSPS) is 42.8. The van der Waals surface area contributed by atoms with E-state index in [1.54, 1.807) is 0 Å². The van der Waals surface area contributed by atoms with E-state index in [9.17, 15) is 4.79 Å². The van der Waals surface area contributed by atoms with Crippen LogP contribution in [0.2, 0.25) is 6.32 Å². The zero-order chi connectivity index (χ0) is 9.53. The Morgan fingerprint density at radius 1 is 1.46 bits per heavy atom. The first-order valence-corrected chi connectivity index (χ1v) is 5.04. The second-order valence-corrected chi connectivity index (χ2v) is 3.96. The minimum atomic E-state index is -0.295. The van der Waals surface area contributed by atoms with Crippen LogP contribution in [0.5, 0.6) is 0 Å². The number of hydrogen-bond acceptors (Lipinski definition) is 3. The van der Waals surface area contributed by atoms with Crippen molar-refractivity contribution in [1.29, 1.82) is 0 Å². The second kappa shape index (κ2) is 2.74. The van der Waals surface area contributed by atoms with Crippen LogP contribution < -0.4 is 0 Å². The molecule has 3 nitrogen and oxygen atoms in total. The third kappa shape index (κ3) is 0.981. The van der Waals surface area contributed by atoms with Crippen molar-refractivity contribution >= 4 is 13.2 Å². The molecule has 0 aromatic carbocycles. The summed E-state index contributed by atoms with van der Waals surface area (Å²) in [5, 5.41) is 0. The highest BCUT2D eigenvalue weighted by Gasteiger charge is 2.63. The summed E-state index contributed by atoms with van der Waals surface area (Å²) in [6.45, 7) is 4.30. The van der Waals surface area contributed by atoms with E-state index in [1.165, 1.54) is 0 Å². The zero-order valence-corrected chi connectivity index (χ0v) is 8.26. The quantitative estimate of drug-likeness (QED) is 0.465. The molecule has 0 aliphatic carbocycles. The molecule has 4 heteroatoms. The fourth-order valence-electron chi connectivity index (χ4n) is 2.65. The summed E-state index contributed by atoms with van der Waals surface area (Å²) in [5.41, 5.74) is -0.452. The van der Waals surface area contributed by atoms with Gasteiger partial charge in [-0.25, -0.2) is 4.79 Å². The van der Waals surface area contributed by atoms with Gasteiger partial charge in [0.2, 0.25) is 0 Å². The Labute approximate surface area is 79.0 Å². The van der Waals surface area contributed by atoms with E-state index in [1.807, 2.05) is 0 Å². The summed E-state index contributed by atoms with van der Waals surface area (Å²) in [4.78, 5) is 11.1. The predicted octanol–water partition coefficient (Wildman–Crippen LogP) is 0.683. The highest BCUT2D eigenvalue weighted by Crippen LogP contribution is 2.49. The first kappa shape index (κ1) is 9.07. The molecule has 0 aromatic heterocycles. The van der Waals surface area contributed by atoms with E-state index >= 15 is 0 Å². The SMILES string of the molecule is CCC12BCC1(CC)OCC(=O)O2. The Morgan fingerprint density at radius 3 is 2.69 bits per heavy atom. The third-order valence-corrected chi connectivity index (χ3v) is 3.68. The molecule has 0 bridgehead atoms. The molecule has 0 aromatic rings. The monoisotopic (exact) mass is 182 g/mol. The highest BCUT2D eigenvalue weighted by molar-refractivity contribution is 6.46. The van der Waals surface area contributed by atoms with E-state index in [-0.39, 0.29) is 23.7 Å². The average Bonchev–Trinajstić information content (AvgIpc) is 2.12. The van der Waals surface area contributed by atoms with E-state index in [4.69, 9.17) is 9.47 Å². The maximum Gasteiger partial charge on any atom is 0.332 e. The average molecular weight is 182 g/mol. The van der Waals surface area contributed by atoms with Gasteiger partial charge in [0.1, 0.15) is 12.1 Å². The van der Waals surface area contributed by atoms with E-state index in [2.05, 4.69) is 13.8 Å². The fourth-order valence-corrected chi connectivity index (χ4v) is 2.65. The van der Waals surface area contributed by atoms with Crippen molar-refractivity contribution in [2.75, 3.05) is 6.61 Å². The van der Waals surface area contributed by atoms with Crippen LogP contribution in [-0.4, -0.2) is 31.0 Å². The molecule has 2 saturated heterocycles. The number of esters is 1. The van der Waals surface area contributed by atoms with Gasteiger partial charge in [0.15, 0.2) is 7.28 Å². The lowest BCUT2D eigenvalue weighted by Crippen LogP contribution is -2.73. The minimum absolute atomic E-state index is 0.135. The zero-order valence-electron chi connectivity index (χ0n) is 8.26. The minimum Gasteiger partial charge on any atom is -0.464 e. The van der Waals surface area contributed by atoms with Crippen LogP contribution in [0, 0.1) is 0 Å². The Kier molecular flexibility index (Phi) is 1.91. The smallest absolute Gasteiger partial charge is 0.332 e. The summed E-state index contributed by atoms with van der Waals surface area (Å²) in [7, 11) is 0.961. The number of carbonyl (C=O) groups is 1. The molecule has 2 aliphatic rings. The van der Waals surface area contributed by atoms with Gasteiger partial charge in [-0.2, -0.15) is 0 Å². The van der Waals surface area contributed by atoms with Gasteiger partial charge in [-0.15, -0.1) is 0 Å². The van der Waals surface area contributed by atoms with Crippen molar-refractivity contribution in [1.82, 2.24) is 0 Å². The van der Waals surface area contributed by atoms with E-state index in [0.29, 0.717) is 0 Å². The Bertz CT molecular complexity index is 235. The maximum atomic E-state index is 11.1. The van der Waals surface area contributed by atoms with E-state index in [0.717, 1.165) is 26.4 Å². The standard InChI is InChI=1S/C9H15BO3/c1-3-8-6-10-9(8,4-2)13-7(11)5-12-8/h10H,3-6H2,1-2H3. The summed E-state index contributed by atoms with van der Waals surface area (Å²) in [6.07, 6.45) is 2.84. The van der Waals surface area contributed by atoms with Crippen LogP contribution >= 0.6 is 0 Å². The summed E-state index contributed by atoms with van der Waals surface area (Å²) < 4.78 is 11.1. The Balaban J connectivity index is 2.24. The van der Waals surface area contributed by atoms with Crippen LogP contribution in [0.15, 0.2) is 0 Å². The molecular formula is C9H15BO3. The van der Waals surface area contributed by atoms with Gasteiger partial charge in [0.25, 0.3) is 0 Å². The molecule has 2 aliphatic heterocycles.